The van der Waals surface area contributed by atoms with Crippen molar-refractivity contribution in [2.45, 2.75) is 33.4 Å². The van der Waals surface area contributed by atoms with Crippen molar-refractivity contribution < 1.29 is 4.74 Å². The van der Waals surface area contributed by atoms with E-state index in [1.165, 1.54) is 5.56 Å². The molecule has 0 aliphatic carbocycles. The van der Waals surface area contributed by atoms with Gasteiger partial charge in [0.05, 0.1) is 10.0 Å². The van der Waals surface area contributed by atoms with Crippen molar-refractivity contribution in [3.05, 3.63) is 57.6 Å². The number of aryl methyl sites for hydroxylation is 1. The van der Waals surface area contributed by atoms with Crippen molar-refractivity contribution in [1.82, 2.24) is 5.32 Å². The molecular weight excluding hydrogens is 305 g/mol. The summed E-state index contributed by atoms with van der Waals surface area (Å²) < 4.78 is 5.92. The smallest absolute Gasteiger partial charge is 0.130 e. The average Bonchev–Trinajstić information content (AvgIpc) is 2.43. The van der Waals surface area contributed by atoms with Gasteiger partial charge in [0.25, 0.3) is 0 Å². The number of halogens is 2. The molecule has 0 atom stereocenters. The van der Waals surface area contributed by atoms with Gasteiger partial charge in [-0.2, -0.15) is 0 Å². The van der Waals surface area contributed by atoms with Crippen LogP contribution in [0.4, 0.5) is 0 Å². The van der Waals surface area contributed by atoms with Crippen LogP contribution in [0.5, 0.6) is 11.5 Å². The van der Waals surface area contributed by atoms with Gasteiger partial charge < -0.3 is 10.1 Å². The fourth-order valence-electron chi connectivity index (χ4n) is 1.85. The molecule has 2 rings (SSSR count). The van der Waals surface area contributed by atoms with E-state index in [2.05, 4.69) is 31.3 Å². The topological polar surface area (TPSA) is 21.3 Å². The summed E-state index contributed by atoms with van der Waals surface area (Å²) in [5.74, 6) is 1.51. The van der Waals surface area contributed by atoms with Gasteiger partial charge in [-0.05, 0) is 36.2 Å². The van der Waals surface area contributed by atoms with Gasteiger partial charge >= 0.3 is 0 Å². The standard InChI is InChI=1S/C17H19Cl2NO/c1-11(2)20-10-13-5-4-12(3)17(8-13)21-14-6-7-15(18)16(19)9-14/h4-9,11,20H,10H2,1-3H3. The summed E-state index contributed by atoms with van der Waals surface area (Å²) in [5.41, 5.74) is 2.26. The third kappa shape index (κ3) is 4.63. The Balaban J connectivity index is 2.18. The van der Waals surface area contributed by atoms with Crippen LogP contribution in [0.25, 0.3) is 0 Å². The van der Waals surface area contributed by atoms with E-state index in [0.29, 0.717) is 21.8 Å². The van der Waals surface area contributed by atoms with E-state index in [0.717, 1.165) is 17.9 Å². The molecule has 0 amide bonds. The Kier molecular flexibility index (Phi) is 5.51. The minimum absolute atomic E-state index is 0.450. The SMILES string of the molecule is Cc1ccc(CNC(C)C)cc1Oc1ccc(Cl)c(Cl)c1. The molecule has 0 bridgehead atoms. The molecule has 1 N–H and O–H groups in total. The molecule has 4 heteroatoms. The highest BCUT2D eigenvalue weighted by molar-refractivity contribution is 6.42. The molecule has 0 aromatic heterocycles. The second-order valence-corrected chi connectivity index (χ2v) is 6.13. The van der Waals surface area contributed by atoms with E-state index in [1.54, 1.807) is 12.1 Å². The van der Waals surface area contributed by atoms with Gasteiger partial charge in [-0.1, -0.05) is 49.2 Å². The molecule has 21 heavy (non-hydrogen) atoms. The number of nitrogens with one attached hydrogen (secondary N) is 1. The largest absolute Gasteiger partial charge is 0.457 e. The lowest BCUT2D eigenvalue weighted by Gasteiger charge is -2.13. The van der Waals surface area contributed by atoms with Crippen molar-refractivity contribution in [2.75, 3.05) is 0 Å². The Morgan fingerprint density at radius 3 is 2.48 bits per heavy atom. The summed E-state index contributed by atoms with van der Waals surface area (Å²) in [6.45, 7) is 7.09. The fourth-order valence-corrected chi connectivity index (χ4v) is 2.14. The zero-order valence-corrected chi connectivity index (χ0v) is 13.9. The second kappa shape index (κ2) is 7.17. The summed E-state index contributed by atoms with van der Waals surface area (Å²) in [7, 11) is 0. The van der Waals surface area contributed by atoms with Crippen molar-refractivity contribution in [3.63, 3.8) is 0 Å². The number of benzene rings is 2. The molecule has 2 nitrogen and oxygen atoms in total. The van der Waals surface area contributed by atoms with Gasteiger partial charge in [0, 0.05) is 18.7 Å². The summed E-state index contributed by atoms with van der Waals surface area (Å²) in [4.78, 5) is 0. The summed E-state index contributed by atoms with van der Waals surface area (Å²) in [6, 6.07) is 11.9. The number of rotatable bonds is 5. The van der Waals surface area contributed by atoms with Crippen LogP contribution in [0, 0.1) is 6.92 Å². The number of ether oxygens (including phenoxy) is 1. The molecule has 0 fully saturated rings. The molecule has 0 radical (unpaired) electrons. The number of hydrogen-bond acceptors (Lipinski definition) is 2. The minimum Gasteiger partial charge on any atom is -0.457 e. The van der Waals surface area contributed by atoms with Crippen LogP contribution < -0.4 is 10.1 Å². The van der Waals surface area contributed by atoms with Crippen LogP contribution in [-0.4, -0.2) is 6.04 Å². The van der Waals surface area contributed by atoms with Crippen molar-refractivity contribution in [2.24, 2.45) is 0 Å². The predicted octanol–water partition coefficient (Wildman–Crippen LogP) is 5.59. The highest BCUT2D eigenvalue weighted by Crippen LogP contribution is 2.31. The Hall–Kier alpha value is -1.22. The lowest BCUT2D eigenvalue weighted by Crippen LogP contribution is -2.21. The van der Waals surface area contributed by atoms with Crippen molar-refractivity contribution in [1.29, 1.82) is 0 Å². The molecular formula is C17H19Cl2NO. The third-order valence-electron chi connectivity index (χ3n) is 3.09. The van der Waals surface area contributed by atoms with E-state index >= 15 is 0 Å². The van der Waals surface area contributed by atoms with Crippen LogP contribution >= 0.6 is 23.2 Å². The monoisotopic (exact) mass is 323 g/mol. The van der Waals surface area contributed by atoms with Gasteiger partial charge in [-0.25, -0.2) is 0 Å². The first-order chi connectivity index (χ1) is 9.95. The molecule has 0 spiro atoms. The highest BCUT2D eigenvalue weighted by Gasteiger charge is 2.06. The average molecular weight is 324 g/mol. The normalized spacial score (nSPS) is 11.0. The first-order valence-electron chi connectivity index (χ1n) is 6.91. The van der Waals surface area contributed by atoms with E-state index in [9.17, 15) is 0 Å². The molecule has 112 valence electrons. The van der Waals surface area contributed by atoms with Gasteiger partial charge in [0.1, 0.15) is 11.5 Å². The summed E-state index contributed by atoms with van der Waals surface area (Å²) >= 11 is 11.9. The van der Waals surface area contributed by atoms with E-state index < -0.39 is 0 Å². The van der Waals surface area contributed by atoms with Gasteiger partial charge in [0.15, 0.2) is 0 Å². The van der Waals surface area contributed by atoms with Crippen LogP contribution in [-0.2, 0) is 6.54 Å². The molecule has 2 aromatic rings. The molecule has 0 unspecified atom stereocenters. The first-order valence-corrected chi connectivity index (χ1v) is 7.67. The van der Waals surface area contributed by atoms with Crippen LogP contribution in [0.3, 0.4) is 0 Å². The quantitative estimate of drug-likeness (QED) is 0.774. The Morgan fingerprint density at radius 1 is 1.05 bits per heavy atom. The van der Waals surface area contributed by atoms with E-state index in [-0.39, 0.29) is 0 Å². The summed E-state index contributed by atoms with van der Waals surface area (Å²) in [6.07, 6.45) is 0. The second-order valence-electron chi connectivity index (χ2n) is 5.31. The lowest BCUT2D eigenvalue weighted by atomic mass is 10.1. The van der Waals surface area contributed by atoms with Crippen molar-refractivity contribution >= 4 is 23.2 Å². The molecule has 0 saturated heterocycles. The number of hydrogen-bond donors (Lipinski definition) is 1. The van der Waals surface area contributed by atoms with E-state index in [1.807, 2.05) is 19.1 Å². The van der Waals surface area contributed by atoms with Gasteiger partial charge in [-0.15, -0.1) is 0 Å². The maximum Gasteiger partial charge on any atom is 0.130 e. The molecule has 0 heterocycles. The zero-order chi connectivity index (χ0) is 15.4. The Morgan fingerprint density at radius 2 is 1.81 bits per heavy atom. The predicted molar refractivity (Wildman–Crippen MR) is 89.7 cm³/mol. The Bertz CT molecular complexity index is 626. The maximum absolute atomic E-state index is 6.01. The zero-order valence-electron chi connectivity index (χ0n) is 12.4. The van der Waals surface area contributed by atoms with Crippen molar-refractivity contribution in [3.8, 4) is 11.5 Å². The molecule has 0 saturated carbocycles. The lowest BCUT2D eigenvalue weighted by molar-refractivity contribution is 0.477. The van der Waals surface area contributed by atoms with Crippen LogP contribution in [0.15, 0.2) is 36.4 Å². The molecule has 0 aliphatic rings. The van der Waals surface area contributed by atoms with E-state index in [4.69, 9.17) is 27.9 Å². The molecule has 2 aromatic carbocycles. The fraction of sp³-hybridized carbons (Fsp3) is 0.294. The van der Waals surface area contributed by atoms with Gasteiger partial charge in [0.2, 0.25) is 0 Å². The Labute approximate surface area is 136 Å². The minimum atomic E-state index is 0.450. The van der Waals surface area contributed by atoms with Crippen LogP contribution in [0.1, 0.15) is 25.0 Å². The van der Waals surface area contributed by atoms with Crippen LogP contribution in [0.2, 0.25) is 10.0 Å². The highest BCUT2D eigenvalue weighted by atomic mass is 35.5. The third-order valence-corrected chi connectivity index (χ3v) is 3.82. The maximum atomic E-state index is 6.01. The summed E-state index contributed by atoms with van der Waals surface area (Å²) in [5, 5.41) is 4.41. The van der Waals surface area contributed by atoms with Gasteiger partial charge in [-0.3, -0.25) is 0 Å². The molecule has 0 aliphatic heterocycles. The first kappa shape index (κ1) is 16.2.